The Morgan fingerprint density at radius 1 is 1.13 bits per heavy atom. The summed E-state index contributed by atoms with van der Waals surface area (Å²) in [5.74, 6) is 2.29. The molecular formula is C23H37N5O2. The number of hydrogen-bond acceptors (Lipinski definition) is 7. The lowest BCUT2D eigenvalue weighted by atomic mass is 10.0. The standard InChI is InChI=1S/C23H37N5O2/c1-7-9-10-15-30-23-21(24-5)27-20(18(8-2)26-23)17-11-12-19(16(3)4)25-22(17)28(6)13-14-29/h11-12,16,29H,7-10,13-15H2,1-6H3,(H,24,27). The number of aryl methyl sites for hydroxylation is 1. The fraction of sp³-hybridized carbons (Fsp3) is 0.609. The number of aliphatic hydroxyl groups excluding tert-OH is 1. The summed E-state index contributed by atoms with van der Waals surface area (Å²) in [4.78, 5) is 16.5. The van der Waals surface area contributed by atoms with Crippen molar-refractivity contribution >= 4 is 11.6 Å². The first-order chi connectivity index (χ1) is 14.5. The highest BCUT2D eigenvalue weighted by Crippen LogP contribution is 2.34. The first kappa shape index (κ1) is 23.9. The van der Waals surface area contributed by atoms with E-state index in [4.69, 9.17) is 19.7 Å². The van der Waals surface area contributed by atoms with Crippen molar-refractivity contribution in [1.29, 1.82) is 0 Å². The van der Waals surface area contributed by atoms with E-state index in [9.17, 15) is 5.11 Å². The summed E-state index contributed by atoms with van der Waals surface area (Å²) in [6.07, 6.45) is 4.01. The Morgan fingerprint density at radius 2 is 1.90 bits per heavy atom. The molecule has 0 aliphatic carbocycles. The van der Waals surface area contributed by atoms with Gasteiger partial charge in [-0.25, -0.2) is 15.0 Å². The van der Waals surface area contributed by atoms with Gasteiger partial charge in [-0.15, -0.1) is 0 Å². The summed E-state index contributed by atoms with van der Waals surface area (Å²) < 4.78 is 5.94. The Kier molecular flexibility index (Phi) is 9.30. The van der Waals surface area contributed by atoms with Gasteiger partial charge >= 0.3 is 0 Å². The predicted molar refractivity (Wildman–Crippen MR) is 124 cm³/mol. The van der Waals surface area contributed by atoms with Gasteiger partial charge < -0.3 is 20.1 Å². The molecule has 0 unspecified atom stereocenters. The molecule has 0 bridgehead atoms. The van der Waals surface area contributed by atoms with Gasteiger partial charge in [-0.2, -0.15) is 0 Å². The highest BCUT2D eigenvalue weighted by Gasteiger charge is 2.20. The summed E-state index contributed by atoms with van der Waals surface area (Å²) in [6.45, 7) is 9.68. The number of hydrogen-bond donors (Lipinski definition) is 2. The molecule has 0 fully saturated rings. The fourth-order valence-electron chi connectivity index (χ4n) is 3.22. The minimum Gasteiger partial charge on any atom is -0.475 e. The molecule has 2 N–H and O–H groups in total. The van der Waals surface area contributed by atoms with Crippen LogP contribution in [-0.2, 0) is 6.42 Å². The molecule has 0 radical (unpaired) electrons. The third kappa shape index (κ3) is 5.81. The maximum Gasteiger partial charge on any atom is 0.257 e. The highest BCUT2D eigenvalue weighted by atomic mass is 16.5. The molecule has 0 spiro atoms. The van der Waals surface area contributed by atoms with Crippen LogP contribution >= 0.6 is 0 Å². The number of ether oxygens (including phenoxy) is 1. The molecule has 0 saturated heterocycles. The smallest absolute Gasteiger partial charge is 0.257 e. The number of unbranched alkanes of at least 4 members (excludes halogenated alkanes) is 2. The van der Waals surface area contributed by atoms with Crippen molar-refractivity contribution in [3.63, 3.8) is 0 Å². The number of anilines is 2. The summed E-state index contributed by atoms with van der Waals surface area (Å²) in [7, 11) is 3.77. The summed E-state index contributed by atoms with van der Waals surface area (Å²) in [6, 6.07) is 4.11. The molecule has 2 rings (SSSR count). The maximum absolute atomic E-state index is 9.45. The molecule has 0 atom stereocenters. The predicted octanol–water partition coefficient (Wildman–Crippen LogP) is 4.26. The zero-order chi connectivity index (χ0) is 22.1. The number of likely N-dealkylation sites (N-methyl/N-ethyl adjacent to an activating group) is 1. The Morgan fingerprint density at radius 3 is 2.50 bits per heavy atom. The van der Waals surface area contributed by atoms with Gasteiger partial charge in [0.15, 0.2) is 5.82 Å². The molecule has 0 amide bonds. The molecule has 166 valence electrons. The molecule has 0 saturated carbocycles. The van der Waals surface area contributed by atoms with Gasteiger partial charge in [-0.3, -0.25) is 0 Å². The second-order valence-electron chi connectivity index (χ2n) is 7.74. The van der Waals surface area contributed by atoms with E-state index in [1.54, 1.807) is 0 Å². The lowest BCUT2D eigenvalue weighted by molar-refractivity contribution is 0.294. The van der Waals surface area contributed by atoms with Crippen LogP contribution in [0.25, 0.3) is 11.3 Å². The minimum absolute atomic E-state index is 0.0577. The van der Waals surface area contributed by atoms with Gasteiger partial charge in [0.1, 0.15) is 5.82 Å². The molecule has 30 heavy (non-hydrogen) atoms. The van der Waals surface area contributed by atoms with E-state index in [0.29, 0.717) is 30.8 Å². The van der Waals surface area contributed by atoms with Crippen LogP contribution in [0, 0.1) is 0 Å². The average Bonchev–Trinajstić information content (AvgIpc) is 2.75. The van der Waals surface area contributed by atoms with Gasteiger partial charge in [0.2, 0.25) is 0 Å². The molecule has 2 heterocycles. The molecule has 0 aromatic carbocycles. The average molecular weight is 416 g/mol. The van der Waals surface area contributed by atoms with Crippen molar-refractivity contribution in [2.45, 2.75) is 59.3 Å². The van der Waals surface area contributed by atoms with Crippen LogP contribution in [0.2, 0.25) is 0 Å². The maximum atomic E-state index is 9.45. The summed E-state index contributed by atoms with van der Waals surface area (Å²) >= 11 is 0. The number of nitrogens with one attached hydrogen (secondary N) is 1. The molecule has 0 aliphatic rings. The van der Waals surface area contributed by atoms with Crippen molar-refractivity contribution < 1.29 is 9.84 Å². The van der Waals surface area contributed by atoms with E-state index in [1.807, 2.05) is 25.1 Å². The molecule has 7 nitrogen and oxygen atoms in total. The number of aromatic nitrogens is 3. The number of pyridine rings is 1. The topological polar surface area (TPSA) is 83.4 Å². The van der Waals surface area contributed by atoms with Crippen molar-refractivity contribution in [2.75, 3.05) is 44.1 Å². The van der Waals surface area contributed by atoms with Crippen LogP contribution in [0.4, 0.5) is 11.6 Å². The van der Waals surface area contributed by atoms with Crippen LogP contribution < -0.4 is 15.0 Å². The van der Waals surface area contributed by atoms with Gasteiger partial charge in [-0.1, -0.05) is 40.5 Å². The molecule has 7 heteroatoms. The normalized spacial score (nSPS) is 11.1. The van der Waals surface area contributed by atoms with E-state index >= 15 is 0 Å². The molecule has 2 aromatic rings. The third-order valence-corrected chi connectivity index (χ3v) is 5.03. The zero-order valence-electron chi connectivity index (χ0n) is 19.3. The Balaban J connectivity index is 2.53. The Labute approximate surface area is 180 Å². The van der Waals surface area contributed by atoms with Crippen LogP contribution in [0.15, 0.2) is 12.1 Å². The second-order valence-corrected chi connectivity index (χ2v) is 7.74. The highest BCUT2D eigenvalue weighted by molar-refractivity contribution is 5.76. The molecule has 0 aliphatic heterocycles. The van der Waals surface area contributed by atoms with E-state index < -0.39 is 0 Å². The summed E-state index contributed by atoms with van der Waals surface area (Å²) in [5, 5.41) is 12.6. The van der Waals surface area contributed by atoms with Crippen molar-refractivity contribution in [3.8, 4) is 17.1 Å². The van der Waals surface area contributed by atoms with E-state index in [0.717, 1.165) is 54.1 Å². The van der Waals surface area contributed by atoms with Crippen LogP contribution in [0.1, 0.15) is 64.3 Å². The number of nitrogens with zero attached hydrogens (tertiary/aromatic N) is 4. The fourth-order valence-corrected chi connectivity index (χ4v) is 3.22. The first-order valence-electron chi connectivity index (χ1n) is 11.0. The SMILES string of the molecule is CCCCCOc1nc(CC)c(-c2ccc(C(C)C)nc2N(C)CCO)nc1NC. The Bertz CT molecular complexity index is 810. The first-order valence-corrected chi connectivity index (χ1v) is 11.0. The minimum atomic E-state index is 0.0577. The largest absolute Gasteiger partial charge is 0.475 e. The summed E-state index contributed by atoms with van der Waals surface area (Å²) in [5.41, 5.74) is 3.59. The van der Waals surface area contributed by atoms with Gasteiger partial charge in [0, 0.05) is 31.9 Å². The number of aliphatic hydroxyl groups is 1. The van der Waals surface area contributed by atoms with E-state index in [-0.39, 0.29) is 6.61 Å². The third-order valence-electron chi connectivity index (χ3n) is 5.03. The molecule has 2 aromatic heterocycles. The van der Waals surface area contributed by atoms with Crippen LogP contribution in [0.3, 0.4) is 0 Å². The van der Waals surface area contributed by atoms with Gasteiger partial charge in [-0.05, 0) is 30.9 Å². The van der Waals surface area contributed by atoms with E-state index in [2.05, 4.69) is 39.1 Å². The zero-order valence-corrected chi connectivity index (χ0v) is 19.3. The van der Waals surface area contributed by atoms with Crippen molar-refractivity contribution in [3.05, 3.63) is 23.5 Å². The van der Waals surface area contributed by atoms with Crippen molar-refractivity contribution in [1.82, 2.24) is 15.0 Å². The monoisotopic (exact) mass is 415 g/mol. The molecular weight excluding hydrogens is 378 g/mol. The van der Waals surface area contributed by atoms with Crippen LogP contribution in [0.5, 0.6) is 5.88 Å². The van der Waals surface area contributed by atoms with Gasteiger partial charge in [0.25, 0.3) is 5.88 Å². The van der Waals surface area contributed by atoms with Crippen molar-refractivity contribution in [2.24, 2.45) is 0 Å². The number of rotatable bonds is 12. The van der Waals surface area contributed by atoms with Gasteiger partial charge in [0.05, 0.1) is 24.6 Å². The quantitative estimate of drug-likeness (QED) is 0.501. The lowest BCUT2D eigenvalue weighted by Crippen LogP contribution is -2.24. The lowest BCUT2D eigenvalue weighted by Gasteiger charge is -2.23. The Hall–Kier alpha value is -2.41. The van der Waals surface area contributed by atoms with E-state index in [1.165, 1.54) is 0 Å². The van der Waals surface area contributed by atoms with Crippen LogP contribution in [-0.4, -0.2) is 53.9 Å². The second kappa shape index (κ2) is 11.7.